The molecule has 1 fully saturated rings. The number of amides is 1. The number of carbonyl (C=O) groups excluding carboxylic acids is 2. The normalized spacial score (nSPS) is 22.8. The molecule has 1 amide bonds. The molecule has 0 saturated carbocycles. The summed E-state index contributed by atoms with van der Waals surface area (Å²) in [6.07, 6.45) is 1.14. The van der Waals surface area contributed by atoms with Gasteiger partial charge in [0.2, 0.25) is 0 Å². The highest BCUT2D eigenvalue weighted by Gasteiger charge is 2.33. The van der Waals surface area contributed by atoms with Crippen LogP contribution in [0.15, 0.2) is 0 Å². The molecule has 0 aromatic heterocycles. The average Bonchev–Trinajstić information content (AvgIpc) is 2.35. The standard InChI is InChI=1S/C15H27NO5/c1-5-20-13(18)9-7-11-6-8-12(17)10-16(11)14(19)21-15(2,3)4/h11-12,17H,5-10H2,1-4H3. The quantitative estimate of drug-likeness (QED) is 0.805. The number of carbonyl (C=O) groups is 2. The van der Waals surface area contributed by atoms with Gasteiger partial charge in [0.15, 0.2) is 0 Å². The number of hydrogen-bond acceptors (Lipinski definition) is 5. The van der Waals surface area contributed by atoms with E-state index in [0.717, 1.165) is 0 Å². The van der Waals surface area contributed by atoms with Crippen LogP contribution in [0, 0.1) is 0 Å². The molecule has 0 radical (unpaired) electrons. The second-order valence-electron chi connectivity index (χ2n) is 6.36. The Labute approximate surface area is 126 Å². The molecule has 2 unspecified atom stereocenters. The Morgan fingerprint density at radius 3 is 2.52 bits per heavy atom. The van der Waals surface area contributed by atoms with E-state index in [2.05, 4.69) is 0 Å². The molecule has 1 saturated heterocycles. The molecule has 1 heterocycles. The van der Waals surface area contributed by atoms with E-state index in [4.69, 9.17) is 9.47 Å². The fraction of sp³-hybridized carbons (Fsp3) is 0.867. The average molecular weight is 301 g/mol. The summed E-state index contributed by atoms with van der Waals surface area (Å²) in [4.78, 5) is 25.2. The number of likely N-dealkylation sites (tertiary alicyclic amines) is 1. The number of β-amino-alcohol motifs (C(OH)–C–C–N with tert-alkyl or cyclic N) is 1. The smallest absolute Gasteiger partial charge is 0.410 e. The summed E-state index contributed by atoms with van der Waals surface area (Å²) in [7, 11) is 0. The van der Waals surface area contributed by atoms with Crippen LogP contribution in [0.1, 0.15) is 53.4 Å². The molecule has 6 nitrogen and oxygen atoms in total. The Bertz CT molecular complexity index is 364. The highest BCUT2D eigenvalue weighted by Crippen LogP contribution is 2.24. The van der Waals surface area contributed by atoms with E-state index < -0.39 is 17.8 Å². The highest BCUT2D eigenvalue weighted by atomic mass is 16.6. The van der Waals surface area contributed by atoms with Crippen molar-refractivity contribution in [2.75, 3.05) is 13.2 Å². The van der Waals surface area contributed by atoms with Crippen LogP contribution in [0.4, 0.5) is 4.79 Å². The van der Waals surface area contributed by atoms with Gasteiger partial charge in [0, 0.05) is 12.5 Å². The number of esters is 1. The Hall–Kier alpha value is -1.30. The lowest BCUT2D eigenvalue weighted by Crippen LogP contribution is -2.50. The van der Waals surface area contributed by atoms with Crippen molar-refractivity contribution in [3.05, 3.63) is 0 Å². The maximum Gasteiger partial charge on any atom is 0.410 e. The van der Waals surface area contributed by atoms with Gasteiger partial charge in [-0.3, -0.25) is 4.79 Å². The first kappa shape index (κ1) is 17.8. The van der Waals surface area contributed by atoms with Gasteiger partial charge in [0.1, 0.15) is 5.60 Å². The summed E-state index contributed by atoms with van der Waals surface area (Å²) in [6.45, 7) is 7.79. The fourth-order valence-corrected chi connectivity index (χ4v) is 2.37. The van der Waals surface area contributed by atoms with Crippen molar-refractivity contribution >= 4 is 12.1 Å². The largest absolute Gasteiger partial charge is 0.466 e. The predicted octanol–water partition coefficient (Wildman–Crippen LogP) is 2.09. The number of aliphatic hydroxyl groups excluding tert-OH is 1. The van der Waals surface area contributed by atoms with Gasteiger partial charge in [-0.25, -0.2) is 4.79 Å². The first-order valence-electron chi connectivity index (χ1n) is 7.56. The van der Waals surface area contributed by atoms with E-state index in [9.17, 15) is 14.7 Å². The van der Waals surface area contributed by atoms with Crippen LogP contribution in [0.25, 0.3) is 0 Å². The van der Waals surface area contributed by atoms with E-state index in [1.54, 1.807) is 32.6 Å². The minimum absolute atomic E-state index is 0.0901. The molecule has 0 bridgehead atoms. The topological polar surface area (TPSA) is 76.1 Å². The van der Waals surface area contributed by atoms with Gasteiger partial charge < -0.3 is 19.5 Å². The lowest BCUT2D eigenvalue weighted by Gasteiger charge is -2.38. The summed E-state index contributed by atoms with van der Waals surface area (Å²) in [5, 5.41) is 9.77. The highest BCUT2D eigenvalue weighted by molar-refractivity contribution is 5.70. The van der Waals surface area contributed by atoms with Gasteiger partial charge in [-0.15, -0.1) is 0 Å². The Balaban J connectivity index is 2.62. The van der Waals surface area contributed by atoms with Gasteiger partial charge in [-0.2, -0.15) is 0 Å². The van der Waals surface area contributed by atoms with E-state index in [1.807, 2.05) is 0 Å². The molecule has 1 N–H and O–H groups in total. The van der Waals surface area contributed by atoms with E-state index in [0.29, 0.717) is 25.9 Å². The van der Waals surface area contributed by atoms with Crippen LogP contribution in [0.3, 0.4) is 0 Å². The summed E-state index contributed by atoms with van der Waals surface area (Å²) < 4.78 is 10.3. The Kier molecular flexibility index (Phi) is 6.45. The van der Waals surface area contributed by atoms with Crippen LogP contribution in [0.2, 0.25) is 0 Å². The third-order valence-corrected chi connectivity index (χ3v) is 3.30. The van der Waals surface area contributed by atoms with Crippen LogP contribution >= 0.6 is 0 Å². The molecule has 0 spiro atoms. The molecule has 21 heavy (non-hydrogen) atoms. The van der Waals surface area contributed by atoms with Crippen molar-refractivity contribution in [3.63, 3.8) is 0 Å². The monoisotopic (exact) mass is 301 g/mol. The molecule has 6 heteroatoms. The van der Waals surface area contributed by atoms with Gasteiger partial charge in [0.05, 0.1) is 19.3 Å². The van der Waals surface area contributed by atoms with Crippen molar-refractivity contribution in [2.45, 2.75) is 71.1 Å². The lowest BCUT2D eigenvalue weighted by molar-refractivity contribution is -0.143. The zero-order valence-electron chi connectivity index (χ0n) is 13.4. The summed E-state index contributed by atoms with van der Waals surface area (Å²) in [5.41, 5.74) is -0.578. The molecule has 1 aliphatic heterocycles. The SMILES string of the molecule is CCOC(=O)CCC1CCC(O)CN1C(=O)OC(C)(C)C. The molecule has 0 aromatic carbocycles. The van der Waals surface area contributed by atoms with Gasteiger partial charge in [0.25, 0.3) is 0 Å². The minimum Gasteiger partial charge on any atom is -0.466 e. The predicted molar refractivity (Wildman–Crippen MR) is 77.8 cm³/mol. The zero-order valence-corrected chi connectivity index (χ0v) is 13.4. The fourth-order valence-electron chi connectivity index (χ4n) is 2.37. The van der Waals surface area contributed by atoms with Gasteiger partial charge in [-0.05, 0) is 47.0 Å². The molecule has 1 rings (SSSR count). The Morgan fingerprint density at radius 1 is 1.29 bits per heavy atom. The zero-order chi connectivity index (χ0) is 16.0. The van der Waals surface area contributed by atoms with Crippen LogP contribution in [-0.4, -0.2) is 53.0 Å². The summed E-state index contributed by atoms with van der Waals surface area (Å²) >= 11 is 0. The van der Waals surface area contributed by atoms with Crippen LogP contribution in [0.5, 0.6) is 0 Å². The van der Waals surface area contributed by atoms with Crippen LogP contribution in [-0.2, 0) is 14.3 Å². The maximum absolute atomic E-state index is 12.2. The third kappa shape index (κ3) is 6.33. The second-order valence-corrected chi connectivity index (χ2v) is 6.36. The number of piperidine rings is 1. The Morgan fingerprint density at radius 2 is 1.95 bits per heavy atom. The summed E-state index contributed by atoms with van der Waals surface area (Å²) in [6, 6.07) is -0.0901. The van der Waals surface area contributed by atoms with Crippen molar-refractivity contribution in [1.29, 1.82) is 0 Å². The van der Waals surface area contributed by atoms with Crippen molar-refractivity contribution in [1.82, 2.24) is 4.90 Å². The van der Waals surface area contributed by atoms with Crippen molar-refractivity contribution < 1.29 is 24.2 Å². The third-order valence-electron chi connectivity index (χ3n) is 3.30. The van der Waals surface area contributed by atoms with E-state index in [1.165, 1.54) is 0 Å². The van der Waals surface area contributed by atoms with E-state index in [-0.39, 0.29) is 25.0 Å². The molecular formula is C15H27NO5. The van der Waals surface area contributed by atoms with Gasteiger partial charge in [-0.1, -0.05) is 0 Å². The molecule has 0 aromatic rings. The van der Waals surface area contributed by atoms with Gasteiger partial charge >= 0.3 is 12.1 Å². The number of aliphatic hydroxyl groups is 1. The molecular weight excluding hydrogens is 274 g/mol. The first-order chi connectivity index (χ1) is 9.73. The molecule has 2 atom stereocenters. The van der Waals surface area contributed by atoms with Crippen molar-refractivity contribution in [2.24, 2.45) is 0 Å². The number of rotatable bonds is 4. The lowest BCUT2D eigenvalue weighted by atomic mass is 9.97. The van der Waals surface area contributed by atoms with Crippen molar-refractivity contribution in [3.8, 4) is 0 Å². The maximum atomic E-state index is 12.2. The summed E-state index contributed by atoms with van der Waals surface area (Å²) in [5.74, 6) is -0.257. The van der Waals surface area contributed by atoms with E-state index >= 15 is 0 Å². The second kappa shape index (κ2) is 7.64. The van der Waals surface area contributed by atoms with Crippen LogP contribution < -0.4 is 0 Å². The molecule has 122 valence electrons. The minimum atomic E-state index is -0.578. The number of nitrogens with zero attached hydrogens (tertiary/aromatic N) is 1. The first-order valence-corrected chi connectivity index (χ1v) is 7.56. The number of hydrogen-bond donors (Lipinski definition) is 1. The molecule has 0 aliphatic carbocycles. The molecule has 1 aliphatic rings. The number of ether oxygens (including phenoxy) is 2.